The molecule has 98 valence electrons. The molecule has 0 spiro atoms. The zero-order valence-corrected chi connectivity index (χ0v) is 11.6. The van der Waals surface area contributed by atoms with Gasteiger partial charge in [-0.05, 0) is 33.2 Å². The molecule has 1 rings (SSSR count). The molecule has 1 unspecified atom stereocenters. The Kier molecular flexibility index (Phi) is 6.62. The summed E-state index contributed by atoms with van der Waals surface area (Å²) in [4.78, 5) is 0. The lowest BCUT2D eigenvalue weighted by molar-refractivity contribution is -0.0526. The van der Waals surface area contributed by atoms with E-state index in [9.17, 15) is 0 Å². The molecule has 1 N–H and O–H groups in total. The SMILES string of the molecule is CC#CCCC(NC)C1(OC)CCCCCC1. The molecule has 0 aromatic carbocycles. The van der Waals surface area contributed by atoms with Crippen molar-refractivity contribution >= 4 is 0 Å². The zero-order valence-electron chi connectivity index (χ0n) is 11.6. The van der Waals surface area contributed by atoms with Crippen LogP contribution in [-0.2, 0) is 4.74 Å². The zero-order chi connectivity index (χ0) is 12.6. The van der Waals surface area contributed by atoms with E-state index in [0.29, 0.717) is 6.04 Å². The van der Waals surface area contributed by atoms with E-state index in [4.69, 9.17) is 4.74 Å². The third kappa shape index (κ3) is 4.01. The van der Waals surface area contributed by atoms with Crippen LogP contribution in [0.4, 0.5) is 0 Å². The number of likely N-dealkylation sites (N-methyl/N-ethyl adjacent to an activating group) is 1. The van der Waals surface area contributed by atoms with Crippen LogP contribution in [0.1, 0.15) is 58.3 Å². The Balaban J connectivity index is 2.67. The molecule has 1 atom stereocenters. The van der Waals surface area contributed by atoms with Crippen molar-refractivity contribution in [2.45, 2.75) is 69.9 Å². The van der Waals surface area contributed by atoms with Crippen molar-refractivity contribution in [1.82, 2.24) is 5.32 Å². The van der Waals surface area contributed by atoms with Gasteiger partial charge in [-0.25, -0.2) is 0 Å². The van der Waals surface area contributed by atoms with Crippen LogP contribution in [0.5, 0.6) is 0 Å². The molecular weight excluding hydrogens is 210 g/mol. The van der Waals surface area contributed by atoms with E-state index < -0.39 is 0 Å². The van der Waals surface area contributed by atoms with Gasteiger partial charge in [0.05, 0.1) is 5.60 Å². The van der Waals surface area contributed by atoms with Crippen molar-refractivity contribution in [3.63, 3.8) is 0 Å². The lowest BCUT2D eigenvalue weighted by Crippen LogP contribution is -2.50. The van der Waals surface area contributed by atoms with Gasteiger partial charge < -0.3 is 10.1 Å². The lowest BCUT2D eigenvalue weighted by Gasteiger charge is -2.39. The van der Waals surface area contributed by atoms with Crippen molar-refractivity contribution < 1.29 is 4.74 Å². The molecule has 17 heavy (non-hydrogen) atoms. The molecule has 0 aromatic heterocycles. The summed E-state index contributed by atoms with van der Waals surface area (Å²) in [7, 11) is 3.93. The molecule has 0 aliphatic heterocycles. The number of nitrogens with one attached hydrogen (secondary N) is 1. The minimum absolute atomic E-state index is 0.0423. The summed E-state index contributed by atoms with van der Waals surface area (Å²) in [5, 5.41) is 3.46. The van der Waals surface area contributed by atoms with Crippen LogP contribution in [0.25, 0.3) is 0 Å². The highest BCUT2D eigenvalue weighted by molar-refractivity contribution is 4.99. The van der Waals surface area contributed by atoms with Gasteiger partial charge in [-0.1, -0.05) is 25.7 Å². The number of hydrogen-bond acceptors (Lipinski definition) is 2. The van der Waals surface area contributed by atoms with Gasteiger partial charge in [0.25, 0.3) is 0 Å². The van der Waals surface area contributed by atoms with Crippen LogP contribution >= 0.6 is 0 Å². The molecule has 2 nitrogen and oxygen atoms in total. The highest BCUT2D eigenvalue weighted by Gasteiger charge is 2.37. The average Bonchev–Trinajstić information content (AvgIpc) is 2.61. The predicted molar refractivity (Wildman–Crippen MR) is 73.0 cm³/mol. The van der Waals surface area contributed by atoms with E-state index >= 15 is 0 Å². The minimum atomic E-state index is 0.0423. The van der Waals surface area contributed by atoms with Crippen LogP contribution in [0.15, 0.2) is 0 Å². The maximum Gasteiger partial charge on any atom is 0.0831 e. The normalized spacial score (nSPS) is 21.1. The third-order valence-electron chi connectivity index (χ3n) is 4.07. The van der Waals surface area contributed by atoms with E-state index in [0.717, 1.165) is 12.8 Å². The summed E-state index contributed by atoms with van der Waals surface area (Å²) in [5.74, 6) is 6.14. The molecule has 0 heterocycles. The molecule has 0 amide bonds. The summed E-state index contributed by atoms with van der Waals surface area (Å²) in [6.07, 6.45) is 9.74. The van der Waals surface area contributed by atoms with E-state index in [1.807, 2.05) is 14.0 Å². The molecule has 0 saturated heterocycles. The maximum atomic E-state index is 5.93. The first-order valence-electron chi connectivity index (χ1n) is 6.91. The predicted octanol–water partition coefficient (Wildman–Crippen LogP) is 3.12. The second-order valence-electron chi connectivity index (χ2n) is 4.99. The Morgan fingerprint density at radius 3 is 2.35 bits per heavy atom. The van der Waals surface area contributed by atoms with Gasteiger partial charge in [-0.15, -0.1) is 11.8 Å². The van der Waals surface area contributed by atoms with Crippen LogP contribution in [0.2, 0.25) is 0 Å². The fraction of sp³-hybridized carbons (Fsp3) is 0.867. The molecule has 1 aliphatic carbocycles. The molecule has 0 aromatic rings. The summed E-state index contributed by atoms with van der Waals surface area (Å²) in [5.41, 5.74) is 0.0423. The van der Waals surface area contributed by atoms with E-state index in [-0.39, 0.29) is 5.60 Å². The largest absolute Gasteiger partial charge is 0.377 e. The van der Waals surface area contributed by atoms with Crippen molar-refractivity contribution in [3.05, 3.63) is 0 Å². The molecule has 1 saturated carbocycles. The molecule has 1 fully saturated rings. The fourth-order valence-corrected chi connectivity index (χ4v) is 3.03. The van der Waals surface area contributed by atoms with Gasteiger partial charge in [0.1, 0.15) is 0 Å². The van der Waals surface area contributed by atoms with E-state index in [2.05, 4.69) is 24.2 Å². The van der Waals surface area contributed by atoms with E-state index in [1.54, 1.807) is 0 Å². The monoisotopic (exact) mass is 237 g/mol. The summed E-state index contributed by atoms with van der Waals surface area (Å²) < 4.78 is 5.93. The topological polar surface area (TPSA) is 21.3 Å². The van der Waals surface area contributed by atoms with Gasteiger partial charge in [0.15, 0.2) is 0 Å². The summed E-state index contributed by atoms with van der Waals surface area (Å²) in [6.45, 7) is 1.91. The Morgan fingerprint density at radius 2 is 1.88 bits per heavy atom. The van der Waals surface area contributed by atoms with Crippen molar-refractivity contribution in [1.29, 1.82) is 0 Å². The third-order valence-corrected chi connectivity index (χ3v) is 4.07. The second-order valence-corrected chi connectivity index (χ2v) is 4.99. The van der Waals surface area contributed by atoms with Crippen LogP contribution < -0.4 is 5.32 Å². The van der Waals surface area contributed by atoms with Gasteiger partial charge in [0.2, 0.25) is 0 Å². The summed E-state index contributed by atoms with van der Waals surface area (Å²) >= 11 is 0. The highest BCUT2D eigenvalue weighted by Crippen LogP contribution is 2.34. The Labute approximate surface area is 107 Å². The second kappa shape index (κ2) is 7.74. The fourth-order valence-electron chi connectivity index (χ4n) is 3.03. The molecule has 2 heteroatoms. The Hall–Kier alpha value is -0.520. The molecule has 1 aliphatic rings. The molecule has 0 radical (unpaired) electrons. The first kappa shape index (κ1) is 14.5. The average molecular weight is 237 g/mol. The van der Waals surface area contributed by atoms with Crippen LogP contribution in [0, 0.1) is 11.8 Å². The van der Waals surface area contributed by atoms with Crippen molar-refractivity contribution in [2.24, 2.45) is 0 Å². The lowest BCUT2D eigenvalue weighted by atomic mass is 9.83. The number of methoxy groups -OCH3 is 1. The molecule has 0 bridgehead atoms. The molecular formula is C15H27NO. The maximum absolute atomic E-state index is 5.93. The number of ether oxygens (including phenoxy) is 1. The van der Waals surface area contributed by atoms with Crippen LogP contribution in [0.3, 0.4) is 0 Å². The van der Waals surface area contributed by atoms with Gasteiger partial charge in [0, 0.05) is 19.6 Å². The minimum Gasteiger partial charge on any atom is -0.377 e. The van der Waals surface area contributed by atoms with Gasteiger partial charge >= 0.3 is 0 Å². The van der Waals surface area contributed by atoms with Crippen LogP contribution in [-0.4, -0.2) is 25.8 Å². The van der Waals surface area contributed by atoms with Gasteiger partial charge in [-0.3, -0.25) is 0 Å². The summed E-state index contributed by atoms with van der Waals surface area (Å²) in [6, 6.07) is 0.437. The number of rotatable bonds is 5. The Bertz CT molecular complexity index is 256. The standard InChI is InChI=1S/C15H27NO/c1-4-5-8-11-14(16-2)15(17-3)12-9-6-7-10-13-15/h14,16H,6-13H2,1-3H3. The quantitative estimate of drug-likeness (QED) is 0.586. The Morgan fingerprint density at radius 1 is 1.24 bits per heavy atom. The smallest absolute Gasteiger partial charge is 0.0831 e. The number of hydrogen-bond donors (Lipinski definition) is 1. The van der Waals surface area contributed by atoms with Crippen molar-refractivity contribution in [2.75, 3.05) is 14.2 Å². The highest BCUT2D eigenvalue weighted by atomic mass is 16.5. The first-order chi connectivity index (χ1) is 8.29. The van der Waals surface area contributed by atoms with Crippen molar-refractivity contribution in [3.8, 4) is 11.8 Å². The van der Waals surface area contributed by atoms with E-state index in [1.165, 1.54) is 38.5 Å². The first-order valence-corrected chi connectivity index (χ1v) is 6.91. The van der Waals surface area contributed by atoms with Gasteiger partial charge in [-0.2, -0.15) is 0 Å².